The quantitative estimate of drug-likeness (QED) is 0.851. The lowest BCUT2D eigenvalue weighted by atomic mass is 9.80. The highest BCUT2D eigenvalue weighted by Gasteiger charge is 2.36. The average Bonchev–Trinajstić information content (AvgIpc) is 2.53. The molecule has 1 heterocycles. The standard InChI is InChI=1S/C18H22N2O/c19-20-13-7-12-16(21)18(20)17(14-8-3-1-4-9-14)15-10-5-2-6-11-15/h1-6,8-11,16-18,21H,7,12-13,19H2/t16-,18+/m0/s1. The van der Waals surface area contributed by atoms with Crippen LogP contribution in [0.25, 0.3) is 0 Å². The number of aliphatic hydroxyl groups excluding tert-OH is 1. The summed E-state index contributed by atoms with van der Waals surface area (Å²) in [6.07, 6.45) is 1.37. The molecule has 3 N–H and O–H groups in total. The van der Waals surface area contributed by atoms with Gasteiger partial charge in [-0.05, 0) is 24.0 Å². The number of piperidine rings is 1. The van der Waals surface area contributed by atoms with Crippen LogP contribution >= 0.6 is 0 Å². The van der Waals surface area contributed by atoms with Crippen molar-refractivity contribution in [1.82, 2.24) is 5.01 Å². The molecule has 2 atom stereocenters. The second-order valence-corrected chi connectivity index (χ2v) is 5.74. The predicted octanol–water partition coefficient (Wildman–Crippen LogP) is 2.52. The van der Waals surface area contributed by atoms with Gasteiger partial charge < -0.3 is 5.11 Å². The van der Waals surface area contributed by atoms with Gasteiger partial charge in [-0.1, -0.05) is 60.7 Å². The number of hydrazine groups is 1. The summed E-state index contributed by atoms with van der Waals surface area (Å²) < 4.78 is 0. The zero-order valence-electron chi connectivity index (χ0n) is 12.1. The summed E-state index contributed by atoms with van der Waals surface area (Å²) in [6.45, 7) is 0.831. The molecule has 0 amide bonds. The number of nitrogens with two attached hydrogens (primary N) is 1. The molecule has 0 unspecified atom stereocenters. The van der Waals surface area contributed by atoms with Crippen molar-refractivity contribution in [3.63, 3.8) is 0 Å². The highest BCUT2D eigenvalue weighted by molar-refractivity contribution is 5.35. The normalized spacial score (nSPS) is 23.4. The Kier molecular flexibility index (Phi) is 4.34. The Morgan fingerprint density at radius 1 is 0.952 bits per heavy atom. The van der Waals surface area contributed by atoms with Crippen molar-refractivity contribution in [3.05, 3.63) is 71.8 Å². The van der Waals surface area contributed by atoms with Crippen molar-refractivity contribution < 1.29 is 5.11 Å². The van der Waals surface area contributed by atoms with Crippen LogP contribution < -0.4 is 5.84 Å². The van der Waals surface area contributed by atoms with E-state index in [0.29, 0.717) is 0 Å². The molecule has 0 spiro atoms. The minimum absolute atomic E-state index is 0.0800. The number of benzene rings is 2. The van der Waals surface area contributed by atoms with Gasteiger partial charge in [0, 0.05) is 12.5 Å². The minimum Gasteiger partial charge on any atom is -0.391 e. The molecule has 0 aliphatic carbocycles. The fourth-order valence-electron chi connectivity index (χ4n) is 3.35. The van der Waals surface area contributed by atoms with Gasteiger partial charge >= 0.3 is 0 Å². The summed E-state index contributed by atoms with van der Waals surface area (Å²) >= 11 is 0. The van der Waals surface area contributed by atoms with E-state index in [1.807, 2.05) is 41.4 Å². The fraction of sp³-hybridized carbons (Fsp3) is 0.333. The summed E-state index contributed by atoms with van der Waals surface area (Å²) in [6, 6.07) is 20.6. The maximum Gasteiger partial charge on any atom is 0.0719 e. The molecule has 1 aliphatic heterocycles. The summed E-state index contributed by atoms with van der Waals surface area (Å²) in [7, 11) is 0. The van der Waals surface area contributed by atoms with E-state index in [2.05, 4.69) is 24.3 Å². The fourth-order valence-corrected chi connectivity index (χ4v) is 3.35. The Hall–Kier alpha value is -1.68. The van der Waals surface area contributed by atoms with Crippen LogP contribution in [0, 0.1) is 0 Å². The van der Waals surface area contributed by atoms with E-state index >= 15 is 0 Å². The van der Waals surface area contributed by atoms with Gasteiger partial charge in [-0.3, -0.25) is 5.84 Å². The highest BCUT2D eigenvalue weighted by Crippen LogP contribution is 2.34. The molecule has 2 aromatic rings. The Morgan fingerprint density at radius 3 is 1.95 bits per heavy atom. The van der Waals surface area contributed by atoms with Gasteiger partial charge in [0.15, 0.2) is 0 Å². The Balaban J connectivity index is 2.04. The van der Waals surface area contributed by atoms with Gasteiger partial charge in [0.25, 0.3) is 0 Å². The summed E-state index contributed by atoms with van der Waals surface area (Å²) in [5.74, 6) is 6.31. The van der Waals surface area contributed by atoms with Crippen LogP contribution in [0.15, 0.2) is 60.7 Å². The van der Waals surface area contributed by atoms with E-state index in [1.165, 1.54) is 11.1 Å². The summed E-state index contributed by atoms with van der Waals surface area (Å²) in [5.41, 5.74) is 2.40. The smallest absolute Gasteiger partial charge is 0.0719 e. The molecule has 0 radical (unpaired) electrons. The number of hydrogen-bond donors (Lipinski definition) is 2. The third kappa shape index (κ3) is 3.00. The molecule has 0 bridgehead atoms. The largest absolute Gasteiger partial charge is 0.391 e. The van der Waals surface area contributed by atoms with Crippen LogP contribution in [-0.4, -0.2) is 28.8 Å². The Morgan fingerprint density at radius 2 is 1.48 bits per heavy atom. The topological polar surface area (TPSA) is 49.5 Å². The van der Waals surface area contributed by atoms with E-state index in [1.54, 1.807) is 0 Å². The van der Waals surface area contributed by atoms with Crippen LogP contribution in [0.3, 0.4) is 0 Å². The van der Waals surface area contributed by atoms with E-state index in [9.17, 15) is 5.11 Å². The molecule has 1 saturated heterocycles. The van der Waals surface area contributed by atoms with Crippen molar-refractivity contribution in [3.8, 4) is 0 Å². The SMILES string of the molecule is NN1CCC[C@H](O)[C@@H]1C(c1ccccc1)c1ccccc1. The molecule has 3 rings (SSSR count). The molecule has 3 nitrogen and oxygen atoms in total. The zero-order valence-corrected chi connectivity index (χ0v) is 12.1. The lowest BCUT2D eigenvalue weighted by molar-refractivity contribution is 0.00262. The molecular weight excluding hydrogens is 260 g/mol. The van der Waals surface area contributed by atoms with E-state index in [0.717, 1.165) is 19.4 Å². The predicted molar refractivity (Wildman–Crippen MR) is 84.6 cm³/mol. The Bertz CT molecular complexity index is 508. The van der Waals surface area contributed by atoms with Gasteiger partial charge in [0.1, 0.15) is 0 Å². The molecule has 1 fully saturated rings. The molecule has 21 heavy (non-hydrogen) atoms. The number of nitrogens with zero attached hydrogens (tertiary/aromatic N) is 1. The molecule has 0 saturated carbocycles. The molecular formula is C18H22N2O. The van der Waals surface area contributed by atoms with Crippen molar-refractivity contribution in [2.45, 2.75) is 30.9 Å². The first-order chi connectivity index (χ1) is 10.3. The summed E-state index contributed by atoms with van der Waals surface area (Å²) in [5, 5.41) is 12.3. The monoisotopic (exact) mass is 282 g/mol. The molecule has 0 aromatic heterocycles. The molecule has 2 aromatic carbocycles. The van der Waals surface area contributed by atoms with Gasteiger partial charge in [-0.2, -0.15) is 0 Å². The van der Waals surface area contributed by atoms with Crippen LogP contribution in [0.1, 0.15) is 29.9 Å². The minimum atomic E-state index is -0.394. The maximum absolute atomic E-state index is 10.5. The second kappa shape index (κ2) is 6.39. The van der Waals surface area contributed by atoms with Gasteiger partial charge in [-0.15, -0.1) is 0 Å². The van der Waals surface area contributed by atoms with Crippen molar-refractivity contribution >= 4 is 0 Å². The van der Waals surface area contributed by atoms with E-state index in [4.69, 9.17) is 5.84 Å². The van der Waals surface area contributed by atoms with Gasteiger partial charge in [-0.25, -0.2) is 5.01 Å². The number of aliphatic hydroxyl groups is 1. The van der Waals surface area contributed by atoms with Crippen LogP contribution in [0.2, 0.25) is 0 Å². The number of rotatable bonds is 3. The van der Waals surface area contributed by atoms with Crippen molar-refractivity contribution in [2.24, 2.45) is 5.84 Å². The zero-order chi connectivity index (χ0) is 14.7. The lowest BCUT2D eigenvalue weighted by Crippen LogP contribution is -2.54. The van der Waals surface area contributed by atoms with E-state index in [-0.39, 0.29) is 12.0 Å². The lowest BCUT2D eigenvalue weighted by Gasteiger charge is -2.41. The van der Waals surface area contributed by atoms with Crippen LogP contribution in [0.5, 0.6) is 0 Å². The van der Waals surface area contributed by atoms with Crippen molar-refractivity contribution in [1.29, 1.82) is 0 Å². The van der Waals surface area contributed by atoms with Crippen LogP contribution in [0.4, 0.5) is 0 Å². The first-order valence-corrected chi connectivity index (χ1v) is 7.56. The summed E-state index contributed by atoms with van der Waals surface area (Å²) in [4.78, 5) is 0. The van der Waals surface area contributed by atoms with E-state index < -0.39 is 6.10 Å². The van der Waals surface area contributed by atoms with Crippen LogP contribution in [-0.2, 0) is 0 Å². The number of hydrogen-bond acceptors (Lipinski definition) is 3. The third-order valence-corrected chi connectivity index (χ3v) is 4.35. The average molecular weight is 282 g/mol. The van der Waals surface area contributed by atoms with Gasteiger partial charge in [0.2, 0.25) is 0 Å². The first kappa shape index (κ1) is 14.3. The highest BCUT2D eigenvalue weighted by atomic mass is 16.3. The Labute approximate surface area is 126 Å². The molecule has 3 heteroatoms. The maximum atomic E-state index is 10.5. The molecule has 1 aliphatic rings. The second-order valence-electron chi connectivity index (χ2n) is 5.74. The molecule has 110 valence electrons. The van der Waals surface area contributed by atoms with Gasteiger partial charge in [0.05, 0.1) is 12.1 Å². The first-order valence-electron chi connectivity index (χ1n) is 7.56. The van der Waals surface area contributed by atoms with Crippen molar-refractivity contribution in [2.75, 3.05) is 6.54 Å². The third-order valence-electron chi connectivity index (χ3n) is 4.35.